The molecule has 0 unspecified atom stereocenters. The number of benzene rings is 2. The van der Waals surface area contributed by atoms with Gasteiger partial charge in [0.25, 0.3) is 0 Å². The molecule has 0 spiro atoms. The molecule has 2 aromatic carbocycles. The van der Waals surface area contributed by atoms with Crippen molar-refractivity contribution >= 4 is 16.6 Å². The third-order valence-electron chi connectivity index (χ3n) is 3.26. The van der Waals surface area contributed by atoms with Crippen LogP contribution in [0.1, 0.15) is 10.4 Å². The molecule has 0 N–H and O–H groups in total. The van der Waals surface area contributed by atoms with Crippen molar-refractivity contribution < 1.29 is 9.53 Å². The van der Waals surface area contributed by atoms with Crippen LogP contribution in [0, 0.1) is 0 Å². The Morgan fingerprint density at radius 2 is 1.90 bits per heavy atom. The van der Waals surface area contributed by atoms with Crippen LogP contribution in [0.2, 0.25) is 0 Å². The SMILES string of the molecule is Cn1ccc(C(=O)COc2cccc3ccccc23)c1. The third kappa shape index (κ3) is 2.43. The van der Waals surface area contributed by atoms with E-state index < -0.39 is 0 Å². The summed E-state index contributed by atoms with van der Waals surface area (Å²) in [6.07, 6.45) is 3.65. The molecule has 0 radical (unpaired) electrons. The lowest BCUT2D eigenvalue weighted by Gasteiger charge is -2.08. The average Bonchev–Trinajstić information content (AvgIpc) is 2.91. The van der Waals surface area contributed by atoms with Crippen molar-refractivity contribution in [2.75, 3.05) is 6.61 Å². The van der Waals surface area contributed by atoms with Crippen molar-refractivity contribution in [1.29, 1.82) is 0 Å². The van der Waals surface area contributed by atoms with E-state index in [2.05, 4.69) is 0 Å². The molecule has 0 amide bonds. The number of aromatic nitrogens is 1. The van der Waals surface area contributed by atoms with Crippen LogP contribution in [0.5, 0.6) is 5.75 Å². The molecular weight excluding hydrogens is 250 g/mol. The molecule has 3 heteroatoms. The molecule has 0 fully saturated rings. The smallest absolute Gasteiger partial charge is 0.201 e. The van der Waals surface area contributed by atoms with Crippen LogP contribution in [-0.4, -0.2) is 17.0 Å². The summed E-state index contributed by atoms with van der Waals surface area (Å²) < 4.78 is 7.54. The molecule has 20 heavy (non-hydrogen) atoms. The molecule has 1 heterocycles. The first kappa shape index (κ1) is 12.5. The number of ketones is 1. The Labute approximate surface area is 117 Å². The van der Waals surface area contributed by atoms with E-state index in [-0.39, 0.29) is 12.4 Å². The van der Waals surface area contributed by atoms with E-state index in [0.717, 1.165) is 16.5 Å². The van der Waals surface area contributed by atoms with Crippen molar-refractivity contribution in [3.63, 3.8) is 0 Å². The maximum absolute atomic E-state index is 12.0. The summed E-state index contributed by atoms with van der Waals surface area (Å²) in [5, 5.41) is 2.13. The standard InChI is InChI=1S/C17H15NO2/c1-18-10-9-14(11-18)16(19)12-20-17-8-4-6-13-5-2-3-7-15(13)17/h2-11H,12H2,1H3. The van der Waals surface area contributed by atoms with Gasteiger partial charge in [-0.3, -0.25) is 4.79 Å². The summed E-state index contributed by atoms with van der Waals surface area (Å²) in [4.78, 5) is 12.0. The molecule has 0 atom stereocenters. The van der Waals surface area contributed by atoms with Crippen molar-refractivity contribution in [3.05, 3.63) is 66.5 Å². The molecule has 0 saturated heterocycles. The maximum atomic E-state index is 12.0. The van der Waals surface area contributed by atoms with Gasteiger partial charge in [0.2, 0.25) is 5.78 Å². The molecule has 0 aliphatic heterocycles. The molecule has 3 aromatic rings. The van der Waals surface area contributed by atoms with Gasteiger partial charge in [0.05, 0.1) is 0 Å². The van der Waals surface area contributed by atoms with Crippen LogP contribution >= 0.6 is 0 Å². The normalized spacial score (nSPS) is 10.7. The van der Waals surface area contributed by atoms with Gasteiger partial charge in [0.1, 0.15) is 5.75 Å². The number of Topliss-reactive ketones (excluding diaryl/α,β-unsaturated/α-hetero) is 1. The summed E-state index contributed by atoms with van der Waals surface area (Å²) in [5.41, 5.74) is 0.674. The summed E-state index contributed by atoms with van der Waals surface area (Å²) in [6.45, 7) is 0.0536. The molecule has 1 aromatic heterocycles. The number of fused-ring (bicyclic) bond motifs is 1. The fourth-order valence-electron chi connectivity index (χ4n) is 2.22. The van der Waals surface area contributed by atoms with Crippen molar-refractivity contribution in [1.82, 2.24) is 4.57 Å². The van der Waals surface area contributed by atoms with Gasteiger partial charge in [0, 0.05) is 30.4 Å². The highest BCUT2D eigenvalue weighted by Gasteiger charge is 2.09. The molecule has 0 aliphatic carbocycles. The summed E-state index contributed by atoms with van der Waals surface area (Å²) in [7, 11) is 1.89. The molecule has 0 bridgehead atoms. The molecule has 0 aliphatic rings. The Hall–Kier alpha value is -2.55. The van der Waals surface area contributed by atoms with Crippen LogP contribution in [0.3, 0.4) is 0 Å². The average molecular weight is 265 g/mol. The van der Waals surface area contributed by atoms with Crippen LogP contribution in [0.4, 0.5) is 0 Å². The molecule has 100 valence electrons. The van der Waals surface area contributed by atoms with E-state index in [1.807, 2.05) is 60.3 Å². The Kier molecular flexibility index (Phi) is 3.25. The Bertz CT molecular complexity index is 753. The number of nitrogens with zero attached hydrogens (tertiary/aromatic N) is 1. The van der Waals surface area contributed by atoms with Gasteiger partial charge in [0.15, 0.2) is 6.61 Å². The van der Waals surface area contributed by atoms with Gasteiger partial charge in [-0.25, -0.2) is 0 Å². The largest absolute Gasteiger partial charge is 0.485 e. The zero-order chi connectivity index (χ0) is 13.9. The van der Waals surface area contributed by atoms with Crippen LogP contribution in [-0.2, 0) is 7.05 Å². The fraction of sp³-hybridized carbons (Fsp3) is 0.118. The monoisotopic (exact) mass is 265 g/mol. The minimum absolute atomic E-state index is 0.0152. The van der Waals surface area contributed by atoms with E-state index >= 15 is 0 Å². The van der Waals surface area contributed by atoms with Crippen molar-refractivity contribution in [2.24, 2.45) is 7.05 Å². The fourth-order valence-corrected chi connectivity index (χ4v) is 2.22. The Balaban J connectivity index is 1.79. The van der Waals surface area contributed by atoms with E-state index in [1.165, 1.54) is 0 Å². The molecular formula is C17H15NO2. The van der Waals surface area contributed by atoms with Crippen molar-refractivity contribution in [3.8, 4) is 5.75 Å². The van der Waals surface area contributed by atoms with E-state index in [0.29, 0.717) is 5.56 Å². The molecule has 0 saturated carbocycles. The predicted octanol–water partition coefficient (Wildman–Crippen LogP) is 3.44. The van der Waals surface area contributed by atoms with Gasteiger partial charge in [-0.15, -0.1) is 0 Å². The van der Waals surface area contributed by atoms with Crippen molar-refractivity contribution in [2.45, 2.75) is 0 Å². The lowest BCUT2D eigenvalue weighted by Crippen LogP contribution is -2.11. The first-order valence-corrected chi connectivity index (χ1v) is 6.50. The predicted molar refractivity (Wildman–Crippen MR) is 79.2 cm³/mol. The quantitative estimate of drug-likeness (QED) is 0.677. The van der Waals surface area contributed by atoms with Gasteiger partial charge in [-0.2, -0.15) is 0 Å². The maximum Gasteiger partial charge on any atom is 0.201 e. The molecule has 3 rings (SSSR count). The van der Waals surface area contributed by atoms with Gasteiger partial charge >= 0.3 is 0 Å². The lowest BCUT2D eigenvalue weighted by atomic mass is 10.1. The highest BCUT2D eigenvalue weighted by atomic mass is 16.5. The summed E-state index contributed by atoms with van der Waals surface area (Å²) in [6, 6.07) is 15.6. The number of hydrogen-bond acceptors (Lipinski definition) is 2. The second-order valence-electron chi connectivity index (χ2n) is 4.75. The van der Waals surface area contributed by atoms with Gasteiger partial charge in [-0.05, 0) is 17.5 Å². The summed E-state index contributed by atoms with van der Waals surface area (Å²) >= 11 is 0. The Morgan fingerprint density at radius 1 is 1.10 bits per heavy atom. The molecule has 3 nitrogen and oxygen atoms in total. The van der Waals surface area contributed by atoms with E-state index in [4.69, 9.17) is 4.74 Å². The zero-order valence-corrected chi connectivity index (χ0v) is 11.2. The number of carbonyl (C=O) groups excluding carboxylic acids is 1. The highest BCUT2D eigenvalue weighted by Crippen LogP contribution is 2.25. The second-order valence-corrected chi connectivity index (χ2v) is 4.75. The Morgan fingerprint density at radius 3 is 2.70 bits per heavy atom. The first-order valence-electron chi connectivity index (χ1n) is 6.50. The minimum Gasteiger partial charge on any atom is -0.485 e. The number of hydrogen-bond donors (Lipinski definition) is 0. The number of carbonyl (C=O) groups is 1. The van der Waals surface area contributed by atoms with Gasteiger partial charge < -0.3 is 9.30 Å². The lowest BCUT2D eigenvalue weighted by molar-refractivity contribution is 0.0922. The summed E-state index contributed by atoms with van der Waals surface area (Å²) in [5.74, 6) is 0.728. The first-order chi connectivity index (χ1) is 9.74. The third-order valence-corrected chi connectivity index (χ3v) is 3.26. The number of aryl methyl sites for hydroxylation is 1. The van der Waals surface area contributed by atoms with E-state index in [9.17, 15) is 4.79 Å². The van der Waals surface area contributed by atoms with Crippen LogP contribution in [0.15, 0.2) is 60.9 Å². The van der Waals surface area contributed by atoms with E-state index in [1.54, 1.807) is 12.3 Å². The van der Waals surface area contributed by atoms with Gasteiger partial charge in [-0.1, -0.05) is 36.4 Å². The highest BCUT2D eigenvalue weighted by molar-refractivity contribution is 5.97. The zero-order valence-electron chi connectivity index (χ0n) is 11.2. The van der Waals surface area contributed by atoms with Crippen LogP contribution in [0.25, 0.3) is 10.8 Å². The minimum atomic E-state index is -0.0152. The van der Waals surface area contributed by atoms with Crippen LogP contribution < -0.4 is 4.74 Å². The topological polar surface area (TPSA) is 31.2 Å². The number of ether oxygens (including phenoxy) is 1. The number of rotatable bonds is 4. The second kappa shape index (κ2) is 5.21.